The van der Waals surface area contributed by atoms with E-state index in [-0.39, 0.29) is 12.7 Å². The summed E-state index contributed by atoms with van der Waals surface area (Å²) in [6.45, 7) is 1.42. The van der Waals surface area contributed by atoms with Crippen LogP contribution in [0.25, 0.3) is 0 Å². The number of nitrogens with zero attached hydrogens (tertiary/aromatic N) is 2. The second kappa shape index (κ2) is 6.09. The molecule has 0 aromatic rings. The normalized spacial score (nSPS) is 39.7. The molecule has 2 rings (SSSR count). The number of methoxy groups -OCH3 is 2. The highest BCUT2D eigenvalue weighted by atomic mass is 16.6. The van der Waals surface area contributed by atoms with Crippen LogP contribution in [0.3, 0.4) is 0 Å². The number of aliphatic hydroxyl groups is 2. The summed E-state index contributed by atoms with van der Waals surface area (Å²) in [6, 6.07) is -0.734. The van der Waals surface area contributed by atoms with E-state index in [0.717, 1.165) is 16.7 Å². The van der Waals surface area contributed by atoms with E-state index in [2.05, 4.69) is 0 Å². The highest BCUT2D eigenvalue weighted by molar-refractivity contribution is 6.01. The number of amides is 3. The van der Waals surface area contributed by atoms with Gasteiger partial charge in [-0.25, -0.2) is 4.79 Å². The summed E-state index contributed by atoms with van der Waals surface area (Å²) in [5.41, 5.74) is -2.10. The fourth-order valence-electron chi connectivity index (χ4n) is 2.80. The monoisotopic (exact) mass is 318 g/mol. The quantitative estimate of drug-likeness (QED) is 0.665. The van der Waals surface area contributed by atoms with Crippen LogP contribution in [0.4, 0.5) is 4.79 Å². The Hall–Kier alpha value is -1.26. The van der Waals surface area contributed by atoms with Crippen molar-refractivity contribution in [3.63, 3.8) is 0 Å². The van der Waals surface area contributed by atoms with Gasteiger partial charge in [-0.05, 0) is 6.92 Å². The molecule has 2 aliphatic rings. The SMILES string of the molecule is COC[C@H]1O[C@@H](N2C(=O)N(C)C(=O)C(C)(O)C2O)C[C@@H]1OC. The maximum atomic E-state index is 12.3. The van der Waals surface area contributed by atoms with E-state index in [1.165, 1.54) is 21.3 Å². The smallest absolute Gasteiger partial charge is 0.330 e. The number of urea groups is 1. The Morgan fingerprint density at radius 1 is 1.41 bits per heavy atom. The summed E-state index contributed by atoms with van der Waals surface area (Å²) < 4.78 is 16.1. The lowest BCUT2D eigenvalue weighted by Gasteiger charge is -2.45. The lowest BCUT2D eigenvalue weighted by atomic mass is 9.99. The minimum absolute atomic E-state index is 0.262. The first-order valence-corrected chi connectivity index (χ1v) is 6.93. The number of hydrogen-bond acceptors (Lipinski definition) is 7. The van der Waals surface area contributed by atoms with Crippen molar-refractivity contribution in [3.8, 4) is 0 Å². The van der Waals surface area contributed by atoms with Crippen LogP contribution in [-0.4, -0.2) is 90.1 Å². The highest BCUT2D eigenvalue weighted by Crippen LogP contribution is 2.32. The molecule has 5 atom stereocenters. The van der Waals surface area contributed by atoms with Gasteiger partial charge in [0.05, 0.1) is 12.7 Å². The fraction of sp³-hybridized carbons (Fsp3) is 0.846. The molecule has 9 heteroatoms. The second-order valence-electron chi connectivity index (χ2n) is 5.67. The Bertz CT molecular complexity index is 456. The van der Waals surface area contributed by atoms with Crippen molar-refractivity contribution in [2.75, 3.05) is 27.9 Å². The molecule has 0 aromatic heterocycles. The first-order chi connectivity index (χ1) is 10.3. The van der Waals surface area contributed by atoms with Gasteiger partial charge >= 0.3 is 6.03 Å². The van der Waals surface area contributed by atoms with Crippen molar-refractivity contribution in [2.45, 2.75) is 43.6 Å². The maximum absolute atomic E-state index is 12.3. The molecule has 0 aliphatic carbocycles. The molecule has 0 radical (unpaired) electrons. The Kier molecular flexibility index (Phi) is 4.73. The Balaban J connectivity index is 2.24. The Morgan fingerprint density at radius 2 is 2.05 bits per heavy atom. The van der Waals surface area contributed by atoms with Crippen LogP contribution in [0.2, 0.25) is 0 Å². The molecule has 126 valence electrons. The van der Waals surface area contributed by atoms with Crippen LogP contribution >= 0.6 is 0 Å². The molecule has 2 aliphatic heterocycles. The van der Waals surface area contributed by atoms with E-state index < -0.39 is 36.1 Å². The van der Waals surface area contributed by atoms with Gasteiger partial charge in [0.15, 0.2) is 11.8 Å². The average molecular weight is 318 g/mol. The Morgan fingerprint density at radius 3 is 2.59 bits per heavy atom. The molecule has 22 heavy (non-hydrogen) atoms. The fourth-order valence-corrected chi connectivity index (χ4v) is 2.80. The van der Waals surface area contributed by atoms with Gasteiger partial charge in [0, 0.05) is 27.7 Å². The number of aliphatic hydroxyl groups excluding tert-OH is 1. The summed E-state index contributed by atoms with van der Waals surface area (Å²) in [7, 11) is 4.27. The molecule has 0 aromatic carbocycles. The minimum atomic E-state index is -2.10. The van der Waals surface area contributed by atoms with Crippen LogP contribution in [0.15, 0.2) is 0 Å². The minimum Gasteiger partial charge on any atom is -0.382 e. The van der Waals surface area contributed by atoms with E-state index >= 15 is 0 Å². The summed E-state index contributed by atoms with van der Waals surface area (Å²) in [5.74, 6) is -0.865. The van der Waals surface area contributed by atoms with E-state index in [9.17, 15) is 19.8 Å². The van der Waals surface area contributed by atoms with Crippen LogP contribution in [0, 0.1) is 0 Å². The number of ether oxygens (including phenoxy) is 3. The zero-order chi connectivity index (χ0) is 16.7. The van der Waals surface area contributed by atoms with E-state index in [1.54, 1.807) is 0 Å². The van der Waals surface area contributed by atoms with Gasteiger partial charge < -0.3 is 24.4 Å². The molecule has 0 saturated carbocycles. The van der Waals surface area contributed by atoms with E-state index in [0.29, 0.717) is 6.42 Å². The third-order valence-electron chi connectivity index (χ3n) is 4.14. The summed E-state index contributed by atoms with van der Waals surface area (Å²) >= 11 is 0. The standard InChI is InChI=1S/C13H22N2O7/c1-13(19)10(16)14(2)12(18)15(11(13)17)9-5-7(21-4)8(22-9)6-20-3/h7-9,11,17,19H,5-6H2,1-4H3/t7-,8+,9+,11?,13?/m0/s1. The van der Waals surface area contributed by atoms with Gasteiger partial charge in [0.2, 0.25) is 0 Å². The maximum Gasteiger partial charge on any atom is 0.330 e. The predicted molar refractivity (Wildman–Crippen MR) is 72.6 cm³/mol. The molecule has 9 nitrogen and oxygen atoms in total. The molecule has 2 heterocycles. The van der Waals surface area contributed by atoms with E-state index in [4.69, 9.17) is 14.2 Å². The van der Waals surface area contributed by atoms with Gasteiger partial charge in [-0.3, -0.25) is 14.6 Å². The largest absolute Gasteiger partial charge is 0.382 e. The van der Waals surface area contributed by atoms with Crippen molar-refractivity contribution in [2.24, 2.45) is 0 Å². The van der Waals surface area contributed by atoms with E-state index in [1.807, 2.05) is 0 Å². The molecule has 2 saturated heterocycles. The van der Waals surface area contributed by atoms with Crippen molar-refractivity contribution >= 4 is 11.9 Å². The third kappa shape index (κ3) is 2.59. The highest BCUT2D eigenvalue weighted by Gasteiger charge is 2.56. The zero-order valence-electron chi connectivity index (χ0n) is 13.1. The van der Waals surface area contributed by atoms with Crippen molar-refractivity contribution in [3.05, 3.63) is 0 Å². The van der Waals surface area contributed by atoms with Gasteiger partial charge in [-0.1, -0.05) is 0 Å². The summed E-state index contributed by atoms with van der Waals surface area (Å²) in [4.78, 5) is 25.9. The number of likely N-dealkylation sites (N-methyl/N-ethyl adjacent to an activating group) is 1. The Labute approximate surface area is 128 Å². The zero-order valence-corrected chi connectivity index (χ0v) is 13.1. The van der Waals surface area contributed by atoms with Crippen LogP contribution < -0.4 is 0 Å². The molecule has 0 spiro atoms. The molecule has 0 bridgehead atoms. The lowest BCUT2D eigenvalue weighted by Crippen LogP contribution is -2.70. The van der Waals surface area contributed by atoms with Crippen molar-refractivity contribution in [1.82, 2.24) is 9.80 Å². The first-order valence-electron chi connectivity index (χ1n) is 6.93. The van der Waals surface area contributed by atoms with Crippen molar-refractivity contribution in [1.29, 1.82) is 0 Å². The average Bonchev–Trinajstić information content (AvgIpc) is 2.87. The van der Waals surface area contributed by atoms with Crippen LogP contribution in [0.5, 0.6) is 0 Å². The molecule has 2 fully saturated rings. The molecular formula is C13H22N2O7. The summed E-state index contributed by atoms with van der Waals surface area (Å²) in [6.07, 6.45) is -2.96. The van der Waals surface area contributed by atoms with Crippen molar-refractivity contribution < 1.29 is 34.0 Å². The van der Waals surface area contributed by atoms with Gasteiger partial charge in [0.1, 0.15) is 12.3 Å². The number of carbonyl (C=O) groups excluding carboxylic acids is 2. The molecule has 2 unspecified atom stereocenters. The van der Waals surface area contributed by atoms with Crippen LogP contribution in [-0.2, 0) is 19.0 Å². The topological polar surface area (TPSA) is 109 Å². The number of hydrogen-bond donors (Lipinski definition) is 2. The first kappa shape index (κ1) is 17.1. The lowest BCUT2D eigenvalue weighted by molar-refractivity contribution is -0.205. The molecule has 3 amide bonds. The third-order valence-corrected chi connectivity index (χ3v) is 4.14. The predicted octanol–water partition coefficient (Wildman–Crippen LogP) is -1.27. The van der Waals surface area contributed by atoms with Gasteiger partial charge in [-0.15, -0.1) is 0 Å². The molecule has 2 N–H and O–H groups in total. The van der Waals surface area contributed by atoms with Gasteiger partial charge in [0.25, 0.3) is 5.91 Å². The molecular weight excluding hydrogens is 296 g/mol. The number of imide groups is 1. The van der Waals surface area contributed by atoms with Gasteiger partial charge in [-0.2, -0.15) is 0 Å². The number of rotatable bonds is 4. The second-order valence-corrected chi connectivity index (χ2v) is 5.67. The summed E-state index contributed by atoms with van der Waals surface area (Å²) in [5, 5.41) is 20.4. The van der Waals surface area contributed by atoms with Crippen LogP contribution in [0.1, 0.15) is 13.3 Å². The number of carbonyl (C=O) groups is 2.